The maximum Gasteiger partial charge on any atom is 0.416 e. The molecule has 3 atom stereocenters. The Morgan fingerprint density at radius 2 is 1.59 bits per heavy atom. The van der Waals surface area contributed by atoms with Crippen LogP contribution in [0.3, 0.4) is 0 Å². The second-order valence-electron chi connectivity index (χ2n) is 10.6. The number of ether oxygens (including phenoxy) is 1. The number of benzene rings is 2. The Bertz CT molecular complexity index is 1040. The highest BCUT2D eigenvalue weighted by Gasteiger charge is 2.40. The Hall–Kier alpha value is -2.59. The Labute approximate surface area is 212 Å². The minimum Gasteiger partial charge on any atom is -0.372 e. The monoisotopic (exact) mass is 530 g/mol. The van der Waals surface area contributed by atoms with Crippen LogP contribution in [0.25, 0.3) is 0 Å². The van der Waals surface area contributed by atoms with Crippen LogP contribution in [0.4, 0.5) is 26.3 Å². The molecule has 1 aliphatic heterocycles. The van der Waals surface area contributed by atoms with Gasteiger partial charge in [-0.25, -0.2) is 0 Å². The summed E-state index contributed by atoms with van der Waals surface area (Å²) in [4.78, 5) is 12.4. The maximum atomic E-state index is 13.3. The lowest BCUT2D eigenvalue weighted by Gasteiger charge is -2.42. The molecule has 37 heavy (non-hydrogen) atoms. The van der Waals surface area contributed by atoms with Gasteiger partial charge in [0.2, 0.25) is 5.91 Å². The van der Waals surface area contributed by atoms with Crippen molar-refractivity contribution >= 4 is 5.91 Å². The molecule has 0 aliphatic carbocycles. The van der Waals surface area contributed by atoms with E-state index in [1.807, 2.05) is 51.1 Å². The molecule has 1 fully saturated rings. The van der Waals surface area contributed by atoms with Gasteiger partial charge in [-0.1, -0.05) is 51.1 Å². The molecule has 3 rings (SSSR count). The minimum atomic E-state index is -4.93. The number of rotatable bonds is 6. The van der Waals surface area contributed by atoms with Crippen molar-refractivity contribution in [2.45, 2.75) is 70.6 Å². The van der Waals surface area contributed by atoms with Gasteiger partial charge in [0.1, 0.15) is 0 Å². The zero-order chi connectivity index (χ0) is 27.6. The molecule has 2 aromatic carbocycles. The van der Waals surface area contributed by atoms with Crippen LogP contribution in [0.5, 0.6) is 0 Å². The Kier molecular flexibility index (Phi) is 8.34. The molecule has 2 aromatic rings. The van der Waals surface area contributed by atoms with Crippen LogP contribution >= 0.6 is 0 Å². The van der Waals surface area contributed by atoms with Crippen LogP contribution in [0.2, 0.25) is 0 Å². The first kappa shape index (κ1) is 29.0. The van der Waals surface area contributed by atoms with Crippen molar-refractivity contribution < 1.29 is 35.9 Å². The average Bonchev–Trinajstić information content (AvgIpc) is 2.82. The molecule has 204 valence electrons. The number of piperidine rings is 1. The third-order valence-electron chi connectivity index (χ3n) is 6.61. The predicted octanol–water partition coefficient (Wildman–Crippen LogP) is 6.61. The summed E-state index contributed by atoms with van der Waals surface area (Å²) in [5.74, 6) is -0.0820. The molecule has 1 unspecified atom stereocenters. The van der Waals surface area contributed by atoms with E-state index in [1.54, 1.807) is 0 Å². The number of amides is 1. The lowest BCUT2D eigenvalue weighted by molar-refractivity contribution is -0.143. The maximum absolute atomic E-state index is 13.3. The first-order valence-electron chi connectivity index (χ1n) is 12.0. The van der Waals surface area contributed by atoms with E-state index in [1.165, 1.54) is 6.92 Å². The number of carbonyl (C=O) groups is 1. The highest BCUT2D eigenvalue weighted by molar-refractivity contribution is 5.81. The van der Waals surface area contributed by atoms with Gasteiger partial charge in [0.05, 0.1) is 29.4 Å². The standard InChI is InChI=1S/C27H32F6N2O2/c1-17(18-12-20(26(28,29)30)14-21(13-18)27(31,32)33)37-16-25(19-8-6-5-7-9-19)11-10-22(15-34-25)35-23(36)24(2,3)4/h5-9,12-14,17,22,34H,10-11,15-16H2,1-4H3,(H,35,36)/t17-,22+,25?/m1/s1. The SMILES string of the molecule is C[C@@H](OCC1(c2ccccc2)CC[C@H](NC(=O)C(C)(C)C)CN1)c1cc(C(F)(F)F)cc(C(F)(F)F)c1. The van der Waals surface area contributed by atoms with Crippen LogP contribution in [-0.2, 0) is 27.4 Å². The van der Waals surface area contributed by atoms with E-state index in [2.05, 4.69) is 10.6 Å². The first-order chi connectivity index (χ1) is 17.0. The van der Waals surface area contributed by atoms with Gasteiger partial charge in [0.25, 0.3) is 0 Å². The second kappa shape index (κ2) is 10.6. The summed E-state index contributed by atoms with van der Waals surface area (Å²) in [5, 5.41) is 6.46. The van der Waals surface area contributed by atoms with Gasteiger partial charge >= 0.3 is 12.4 Å². The molecule has 1 amide bonds. The number of halogens is 6. The lowest BCUT2D eigenvalue weighted by atomic mass is 9.81. The van der Waals surface area contributed by atoms with E-state index in [0.717, 1.165) is 5.56 Å². The van der Waals surface area contributed by atoms with Crippen molar-refractivity contribution in [1.82, 2.24) is 10.6 Å². The fraction of sp³-hybridized carbons (Fsp3) is 0.519. The van der Waals surface area contributed by atoms with Gasteiger partial charge in [-0.3, -0.25) is 4.79 Å². The van der Waals surface area contributed by atoms with Crippen LogP contribution in [-0.4, -0.2) is 25.1 Å². The summed E-state index contributed by atoms with van der Waals surface area (Å²) >= 11 is 0. The van der Waals surface area contributed by atoms with E-state index in [9.17, 15) is 31.1 Å². The molecule has 2 N–H and O–H groups in total. The van der Waals surface area contributed by atoms with E-state index in [0.29, 0.717) is 31.5 Å². The molecular weight excluding hydrogens is 498 g/mol. The van der Waals surface area contributed by atoms with Crippen LogP contribution < -0.4 is 10.6 Å². The zero-order valence-electron chi connectivity index (χ0n) is 21.2. The van der Waals surface area contributed by atoms with Crippen molar-refractivity contribution in [3.8, 4) is 0 Å². The molecule has 0 bridgehead atoms. The van der Waals surface area contributed by atoms with Gasteiger partial charge in [-0.2, -0.15) is 26.3 Å². The van der Waals surface area contributed by atoms with E-state index < -0.39 is 40.5 Å². The third kappa shape index (κ3) is 7.25. The van der Waals surface area contributed by atoms with E-state index >= 15 is 0 Å². The summed E-state index contributed by atoms with van der Waals surface area (Å²) in [6, 6.07) is 10.7. The molecule has 0 spiro atoms. The van der Waals surface area contributed by atoms with Crippen molar-refractivity contribution in [2.75, 3.05) is 13.2 Å². The number of hydrogen-bond donors (Lipinski definition) is 2. The predicted molar refractivity (Wildman–Crippen MR) is 128 cm³/mol. The van der Waals surface area contributed by atoms with Crippen molar-refractivity contribution in [3.63, 3.8) is 0 Å². The summed E-state index contributed by atoms with van der Waals surface area (Å²) < 4.78 is 85.8. The van der Waals surface area contributed by atoms with Crippen molar-refractivity contribution in [2.24, 2.45) is 5.41 Å². The van der Waals surface area contributed by atoms with Crippen molar-refractivity contribution in [1.29, 1.82) is 0 Å². The molecule has 1 aliphatic rings. The molecule has 0 saturated carbocycles. The fourth-order valence-electron chi connectivity index (χ4n) is 4.24. The van der Waals surface area contributed by atoms with Crippen molar-refractivity contribution in [3.05, 3.63) is 70.8 Å². The largest absolute Gasteiger partial charge is 0.416 e. The lowest BCUT2D eigenvalue weighted by Crippen LogP contribution is -2.58. The molecule has 4 nitrogen and oxygen atoms in total. The Balaban J connectivity index is 1.81. The third-order valence-corrected chi connectivity index (χ3v) is 6.61. The molecular formula is C27H32F6N2O2. The van der Waals surface area contributed by atoms with Crippen LogP contribution in [0, 0.1) is 5.41 Å². The quantitative estimate of drug-likeness (QED) is 0.413. The highest BCUT2D eigenvalue weighted by Crippen LogP contribution is 2.39. The molecule has 0 radical (unpaired) electrons. The first-order valence-corrected chi connectivity index (χ1v) is 12.0. The van der Waals surface area contributed by atoms with Crippen LogP contribution in [0.15, 0.2) is 48.5 Å². The zero-order valence-corrected chi connectivity index (χ0v) is 21.2. The number of alkyl halides is 6. The van der Waals surface area contributed by atoms with E-state index in [4.69, 9.17) is 4.74 Å². The van der Waals surface area contributed by atoms with Gasteiger partial charge < -0.3 is 15.4 Å². The molecule has 0 aromatic heterocycles. The van der Waals surface area contributed by atoms with Gasteiger partial charge in [-0.05, 0) is 49.1 Å². The minimum absolute atomic E-state index is 0.00964. The number of nitrogens with one attached hydrogen (secondary N) is 2. The number of hydrogen-bond acceptors (Lipinski definition) is 3. The molecule has 1 saturated heterocycles. The van der Waals surface area contributed by atoms with Gasteiger partial charge in [-0.15, -0.1) is 0 Å². The Morgan fingerprint density at radius 1 is 1.03 bits per heavy atom. The Morgan fingerprint density at radius 3 is 2.05 bits per heavy atom. The normalized spacial score (nSPS) is 21.9. The van der Waals surface area contributed by atoms with E-state index in [-0.39, 0.29) is 30.2 Å². The van der Waals surface area contributed by atoms with Crippen LogP contribution in [0.1, 0.15) is 68.9 Å². The van der Waals surface area contributed by atoms with Gasteiger partial charge in [0.15, 0.2) is 0 Å². The summed E-state index contributed by atoms with van der Waals surface area (Å²) in [6.45, 7) is 7.33. The fourth-order valence-corrected chi connectivity index (χ4v) is 4.24. The topological polar surface area (TPSA) is 50.4 Å². The second-order valence-corrected chi connectivity index (χ2v) is 10.6. The number of carbonyl (C=O) groups excluding carboxylic acids is 1. The smallest absolute Gasteiger partial charge is 0.372 e. The summed E-state index contributed by atoms with van der Waals surface area (Å²) in [6.07, 6.45) is -9.75. The summed E-state index contributed by atoms with van der Waals surface area (Å²) in [7, 11) is 0. The average molecular weight is 531 g/mol. The summed E-state index contributed by atoms with van der Waals surface area (Å²) in [5.41, 5.74) is -3.36. The molecule has 10 heteroatoms. The highest BCUT2D eigenvalue weighted by atomic mass is 19.4. The van der Waals surface area contributed by atoms with Gasteiger partial charge in [0, 0.05) is 18.0 Å². The molecule has 1 heterocycles.